The monoisotopic (exact) mass is 214 g/mol. The Balaban J connectivity index is 2.33. The van der Waals surface area contributed by atoms with Gasteiger partial charge in [0, 0.05) is 6.54 Å². The Bertz CT molecular complexity index is 443. The van der Waals surface area contributed by atoms with E-state index in [0.717, 1.165) is 12.2 Å². The molecule has 0 bridgehead atoms. The molecule has 2 heteroatoms. The molecular weight excluding hydrogens is 196 g/mol. The fourth-order valence-electron chi connectivity index (χ4n) is 1.87. The van der Waals surface area contributed by atoms with Gasteiger partial charge in [0.15, 0.2) is 0 Å². The number of unbranched alkanes of at least 4 members (excludes halogenated alkanes) is 1. The van der Waals surface area contributed by atoms with Crippen molar-refractivity contribution in [3.05, 3.63) is 42.1 Å². The molecule has 2 aromatic rings. The molecule has 0 spiro atoms. The van der Waals surface area contributed by atoms with Crippen molar-refractivity contribution in [2.75, 3.05) is 0 Å². The van der Waals surface area contributed by atoms with E-state index in [2.05, 4.69) is 54.0 Å². The molecule has 0 aliphatic rings. The first-order valence-corrected chi connectivity index (χ1v) is 5.91. The van der Waals surface area contributed by atoms with Gasteiger partial charge in [-0.2, -0.15) is 5.10 Å². The van der Waals surface area contributed by atoms with Crippen LogP contribution in [0.2, 0.25) is 0 Å². The lowest BCUT2D eigenvalue weighted by Crippen LogP contribution is -2.02. The van der Waals surface area contributed by atoms with E-state index in [1.807, 2.05) is 6.07 Å². The first-order chi connectivity index (χ1) is 7.81. The summed E-state index contributed by atoms with van der Waals surface area (Å²) in [6, 6.07) is 12.6. The maximum Gasteiger partial charge on any atom is 0.0685 e. The van der Waals surface area contributed by atoms with E-state index in [4.69, 9.17) is 0 Å². The molecule has 0 unspecified atom stereocenters. The van der Waals surface area contributed by atoms with Crippen molar-refractivity contribution in [1.29, 1.82) is 0 Å². The molecule has 16 heavy (non-hydrogen) atoms. The van der Waals surface area contributed by atoms with Gasteiger partial charge in [-0.25, -0.2) is 0 Å². The van der Waals surface area contributed by atoms with Crippen LogP contribution in [0.3, 0.4) is 0 Å². The normalized spacial score (nSPS) is 10.6. The Labute approximate surface area is 96.9 Å². The van der Waals surface area contributed by atoms with Gasteiger partial charge in [0.2, 0.25) is 0 Å². The molecule has 0 aliphatic carbocycles. The molecule has 0 aliphatic heterocycles. The van der Waals surface area contributed by atoms with E-state index < -0.39 is 0 Å². The summed E-state index contributed by atoms with van der Waals surface area (Å²) in [5.74, 6) is 0. The van der Waals surface area contributed by atoms with Gasteiger partial charge in [-0.15, -0.1) is 0 Å². The molecule has 0 radical (unpaired) electrons. The smallest absolute Gasteiger partial charge is 0.0685 e. The fraction of sp³-hybridized carbons (Fsp3) is 0.357. The number of aryl methyl sites for hydroxylation is 2. The van der Waals surface area contributed by atoms with Crippen LogP contribution in [-0.2, 0) is 6.54 Å². The fourth-order valence-corrected chi connectivity index (χ4v) is 1.87. The number of benzene rings is 1. The maximum atomic E-state index is 4.54. The summed E-state index contributed by atoms with van der Waals surface area (Å²) in [6.45, 7) is 5.27. The Kier molecular flexibility index (Phi) is 3.40. The summed E-state index contributed by atoms with van der Waals surface area (Å²) in [5.41, 5.74) is 3.57. The zero-order valence-corrected chi connectivity index (χ0v) is 9.98. The number of nitrogens with zero attached hydrogens (tertiary/aromatic N) is 2. The van der Waals surface area contributed by atoms with Crippen LogP contribution < -0.4 is 0 Å². The third-order valence-electron chi connectivity index (χ3n) is 2.70. The highest BCUT2D eigenvalue weighted by Crippen LogP contribution is 2.20. The lowest BCUT2D eigenvalue weighted by molar-refractivity contribution is 0.573. The number of hydrogen-bond donors (Lipinski definition) is 0. The molecule has 1 heterocycles. The van der Waals surface area contributed by atoms with Crippen molar-refractivity contribution in [1.82, 2.24) is 9.78 Å². The van der Waals surface area contributed by atoms with Crippen molar-refractivity contribution in [2.45, 2.75) is 33.2 Å². The summed E-state index contributed by atoms with van der Waals surface area (Å²) >= 11 is 0. The van der Waals surface area contributed by atoms with E-state index in [9.17, 15) is 0 Å². The number of rotatable bonds is 4. The van der Waals surface area contributed by atoms with Gasteiger partial charge in [0.25, 0.3) is 0 Å². The second-order valence-electron chi connectivity index (χ2n) is 4.11. The zero-order chi connectivity index (χ0) is 11.4. The molecule has 0 saturated heterocycles. The lowest BCUT2D eigenvalue weighted by Gasteiger charge is -2.06. The van der Waals surface area contributed by atoms with Crippen LogP contribution in [0.15, 0.2) is 36.4 Å². The third kappa shape index (κ3) is 2.32. The van der Waals surface area contributed by atoms with E-state index >= 15 is 0 Å². The van der Waals surface area contributed by atoms with Crippen LogP contribution in [0.1, 0.15) is 25.5 Å². The van der Waals surface area contributed by atoms with Gasteiger partial charge in [-0.3, -0.25) is 4.68 Å². The molecule has 2 nitrogen and oxygen atoms in total. The zero-order valence-electron chi connectivity index (χ0n) is 9.98. The molecule has 1 aromatic carbocycles. The van der Waals surface area contributed by atoms with Crippen LogP contribution in [0.5, 0.6) is 0 Å². The van der Waals surface area contributed by atoms with Gasteiger partial charge in [-0.1, -0.05) is 43.7 Å². The molecule has 1 aromatic heterocycles. The highest BCUT2D eigenvalue weighted by atomic mass is 15.3. The highest BCUT2D eigenvalue weighted by Gasteiger charge is 2.06. The van der Waals surface area contributed by atoms with E-state index in [0.29, 0.717) is 0 Å². The number of hydrogen-bond acceptors (Lipinski definition) is 1. The van der Waals surface area contributed by atoms with E-state index in [-0.39, 0.29) is 0 Å². The Morgan fingerprint density at radius 1 is 1.19 bits per heavy atom. The molecular formula is C14H18N2. The van der Waals surface area contributed by atoms with Crippen molar-refractivity contribution in [3.8, 4) is 11.3 Å². The predicted octanol–water partition coefficient (Wildman–Crippen LogP) is 3.66. The van der Waals surface area contributed by atoms with Gasteiger partial charge >= 0.3 is 0 Å². The minimum absolute atomic E-state index is 1.01. The summed E-state index contributed by atoms with van der Waals surface area (Å²) in [7, 11) is 0. The molecule has 0 fully saturated rings. The van der Waals surface area contributed by atoms with Gasteiger partial charge in [0.05, 0.1) is 11.4 Å². The maximum absolute atomic E-state index is 4.54. The highest BCUT2D eigenvalue weighted by molar-refractivity contribution is 5.59. The topological polar surface area (TPSA) is 17.8 Å². The minimum Gasteiger partial charge on any atom is -0.265 e. The van der Waals surface area contributed by atoms with E-state index in [1.165, 1.54) is 24.1 Å². The van der Waals surface area contributed by atoms with Crippen molar-refractivity contribution < 1.29 is 0 Å². The molecule has 0 atom stereocenters. The molecule has 0 amide bonds. The second kappa shape index (κ2) is 4.97. The quantitative estimate of drug-likeness (QED) is 0.759. The van der Waals surface area contributed by atoms with Gasteiger partial charge in [0.1, 0.15) is 0 Å². The third-order valence-corrected chi connectivity index (χ3v) is 2.70. The average molecular weight is 214 g/mol. The lowest BCUT2D eigenvalue weighted by atomic mass is 10.1. The van der Waals surface area contributed by atoms with Crippen molar-refractivity contribution in [3.63, 3.8) is 0 Å². The molecule has 2 rings (SSSR count). The Morgan fingerprint density at radius 3 is 2.62 bits per heavy atom. The van der Waals surface area contributed by atoms with Crippen LogP contribution in [0.25, 0.3) is 11.3 Å². The molecule has 84 valence electrons. The Morgan fingerprint density at radius 2 is 1.94 bits per heavy atom. The van der Waals surface area contributed by atoms with Crippen LogP contribution in [0, 0.1) is 6.92 Å². The summed E-state index contributed by atoms with van der Waals surface area (Å²) < 4.78 is 2.12. The van der Waals surface area contributed by atoms with E-state index in [1.54, 1.807) is 0 Å². The summed E-state index contributed by atoms with van der Waals surface area (Å²) in [5, 5.41) is 4.54. The number of aromatic nitrogens is 2. The predicted molar refractivity (Wildman–Crippen MR) is 67.3 cm³/mol. The first kappa shape index (κ1) is 10.9. The first-order valence-electron chi connectivity index (χ1n) is 5.91. The largest absolute Gasteiger partial charge is 0.265 e. The van der Waals surface area contributed by atoms with Crippen LogP contribution in [0.4, 0.5) is 0 Å². The standard InChI is InChI=1S/C14H18N2/c1-3-4-10-16-14(11-12(2)15-16)13-8-6-5-7-9-13/h5-9,11H,3-4,10H2,1-2H3. The van der Waals surface area contributed by atoms with Crippen molar-refractivity contribution >= 4 is 0 Å². The minimum atomic E-state index is 1.01. The van der Waals surface area contributed by atoms with Crippen LogP contribution in [-0.4, -0.2) is 9.78 Å². The summed E-state index contributed by atoms with van der Waals surface area (Å²) in [6.07, 6.45) is 2.38. The second-order valence-corrected chi connectivity index (χ2v) is 4.11. The molecule has 0 saturated carbocycles. The average Bonchev–Trinajstić information content (AvgIpc) is 2.69. The van der Waals surface area contributed by atoms with Crippen LogP contribution >= 0.6 is 0 Å². The van der Waals surface area contributed by atoms with Crippen molar-refractivity contribution in [2.24, 2.45) is 0 Å². The van der Waals surface area contributed by atoms with Gasteiger partial charge < -0.3 is 0 Å². The van der Waals surface area contributed by atoms with Gasteiger partial charge in [-0.05, 0) is 25.0 Å². The molecule has 0 N–H and O–H groups in total. The summed E-state index contributed by atoms with van der Waals surface area (Å²) in [4.78, 5) is 0. The SMILES string of the molecule is CCCCn1nc(C)cc1-c1ccccc1. The Hall–Kier alpha value is -1.57.